The summed E-state index contributed by atoms with van der Waals surface area (Å²) in [7, 11) is 0. The lowest BCUT2D eigenvalue weighted by Gasteiger charge is -2.26. The Morgan fingerprint density at radius 1 is 1.03 bits per heavy atom. The van der Waals surface area contributed by atoms with Crippen LogP contribution >= 0.6 is 11.3 Å². The van der Waals surface area contributed by atoms with Gasteiger partial charge in [-0.1, -0.05) is 34.1 Å². The fraction of sp³-hybridized carbons (Fsp3) is 0.621. The number of imidazole rings is 1. The number of rotatable bonds is 12. The van der Waals surface area contributed by atoms with Gasteiger partial charge in [0.25, 0.3) is 5.91 Å². The minimum Gasteiger partial charge on any atom is -0.339 e. The Morgan fingerprint density at radius 2 is 1.75 bits per heavy atom. The number of carbonyl (C=O) groups is 1. The number of aryl methyl sites for hydroxylation is 1. The van der Waals surface area contributed by atoms with Crippen LogP contribution in [0.1, 0.15) is 76.6 Å². The van der Waals surface area contributed by atoms with E-state index < -0.39 is 0 Å². The van der Waals surface area contributed by atoms with Gasteiger partial charge in [0.1, 0.15) is 0 Å². The summed E-state index contributed by atoms with van der Waals surface area (Å²) in [5.74, 6) is 2.20. The van der Waals surface area contributed by atoms with E-state index >= 15 is 0 Å². The summed E-state index contributed by atoms with van der Waals surface area (Å²) >= 11 is 1.62. The Kier molecular flexibility index (Phi) is 9.54. The van der Waals surface area contributed by atoms with Crippen molar-refractivity contribution in [2.45, 2.75) is 72.8 Å². The van der Waals surface area contributed by atoms with Crippen LogP contribution in [0.4, 0.5) is 0 Å². The third kappa shape index (κ3) is 6.94. The minimum absolute atomic E-state index is 0.134. The van der Waals surface area contributed by atoms with Gasteiger partial charge in [-0.2, -0.15) is 0 Å². The number of benzene rings is 1. The molecule has 0 unspecified atom stereocenters. The average Bonchev–Trinajstić information content (AvgIpc) is 3.52. The largest absolute Gasteiger partial charge is 0.339 e. The zero-order valence-electron chi connectivity index (χ0n) is 22.6. The molecule has 196 valence electrons. The molecule has 0 atom stereocenters. The molecule has 6 nitrogen and oxygen atoms in total. The van der Waals surface area contributed by atoms with E-state index in [2.05, 4.69) is 53.1 Å². The Hall–Kier alpha value is -2.25. The summed E-state index contributed by atoms with van der Waals surface area (Å²) in [4.78, 5) is 27.8. The van der Waals surface area contributed by atoms with E-state index in [-0.39, 0.29) is 5.91 Å². The number of hydrogen-bond donors (Lipinski definition) is 0. The van der Waals surface area contributed by atoms with Gasteiger partial charge in [0, 0.05) is 36.8 Å². The van der Waals surface area contributed by atoms with E-state index in [1.54, 1.807) is 11.3 Å². The molecule has 0 N–H and O–H groups in total. The van der Waals surface area contributed by atoms with E-state index in [1.165, 1.54) is 32.4 Å². The summed E-state index contributed by atoms with van der Waals surface area (Å²) in [5.41, 5.74) is 2.74. The molecule has 1 aliphatic heterocycles. The van der Waals surface area contributed by atoms with Gasteiger partial charge in [-0.15, -0.1) is 11.3 Å². The number of carbonyl (C=O) groups excluding carboxylic acids is 1. The maximum absolute atomic E-state index is 13.7. The highest BCUT2D eigenvalue weighted by atomic mass is 32.1. The third-order valence-corrected chi connectivity index (χ3v) is 7.93. The molecule has 0 radical (unpaired) electrons. The van der Waals surface area contributed by atoms with Crippen LogP contribution in [0.2, 0.25) is 0 Å². The van der Waals surface area contributed by atoms with Crippen LogP contribution in [-0.2, 0) is 6.54 Å². The fourth-order valence-electron chi connectivity index (χ4n) is 4.94. The first-order valence-electron chi connectivity index (χ1n) is 13.8. The Bertz CT molecular complexity index is 1090. The van der Waals surface area contributed by atoms with E-state index in [0.29, 0.717) is 11.8 Å². The molecule has 2 aromatic heterocycles. The van der Waals surface area contributed by atoms with Crippen molar-refractivity contribution in [3.05, 3.63) is 35.3 Å². The molecule has 3 heterocycles. The molecule has 1 saturated heterocycles. The van der Waals surface area contributed by atoms with Gasteiger partial charge >= 0.3 is 0 Å². The van der Waals surface area contributed by atoms with E-state index in [1.807, 2.05) is 23.7 Å². The van der Waals surface area contributed by atoms with Crippen molar-refractivity contribution in [2.75, 3.05) is 32.7 Å². The topological polar surface area (TPSA) is 54.3 Å². The van der Waals surface area contributed by atoms with Gasteiger partial charge in [-0.25, -0.2) is 9.97 Å². The van der Waals surface area contributed by atoms with Gasteiger partial charge in [0.2, 0.25) is 0 Å². The van der Waals surface area contributed by atoms with E-state index in [0.717, 1.165) is 72.9 Å². The molecule has 4 rings (SSSR count). The molecular formula is C29H43N5OS. The van der Waals surface area contributed by atoms with Crippen molar-refractivity contribution in [3.63, 3.8) is 0 Å². The number of hydrogen-bond acceptors (Lipinski definition) is 5. The van der Waals surface area contributed by atoms with Crippen LogP contribution in [0.15, 0.2) is 29.8 Å². The van der Waals surface area contributed by atoms with Crippen LogP contribution < -0.4 is 0 Å². The molecule has 0 saturated carbocycles. The van der Waals surface area contributed by atoms with Crippen LogP contribution in [0.3, 0.4) is 0 Å². The molecule has 0 bridgehead atoms. The summed E-state index contributed by atoms with van der Waals surface area (Å²) in [5, 5.41) is 2.94. The first-order chi connectivity index (χ1) is 17.4. The zero-order chi connectivity index (χ0) is 25.5. The molecular weight excluding hydrogens is 466 g/mol. The zero-order valence-corrected chi connectivity index (χ0v) is 23.4. The fourth-order valence-corrected chi connectivity index (χ4v) is 5.57. The SMILES string of the molecule is CC(C)CCN(CCC(C)C)C(=O)c1ccc2nc(-c3nccs3)n(CCCN3CCCCC3)c2c1. The van der Waals surface area contributed by atoms with Crippen LogP contribution in [0, 0.1) is 11.8 Å². The number of thiazole rings is 1. The predicted octanol–water partition coefficient (Wildman–Crippen LogP) is 6.57. The van der Waals surface area contributed by atoms with E-state index in [4.69, 9.17) is 4.98 Å². The first kappa shape index (κ1) is 26.8. The van der Waals surface area contributed by atoms with Crippen molar-refractivity contribution in [1.82, 2.24) is 24.3 Å². The van der Waals surface area contributed by atoms with Crippen LogP contribution in [0.5, 0.6) is 0 Å². The molecule has 0 spiro atoms. The molecule has 7 heteroatoms. The maximum atomic E-state index is 13.7. The lowest BCUT2D eigenvalue weighted by molar-refractivity contribution is 0.0741. The van der Waals surface area contributed by atoms with Gasteiger partial charge in [-0.05, 0) is 81.8 Å². The van der Waals surface area contributed by atoms with Crippen molar-refractivity contribution in [3.8, 4) is 10.8 Å². The summed E-state index contributed by atoms with van der Waals surface area (Å²) in [6.45, 7) is 14.9. The number of likely N-dealkylation sites (tertiary alicyclic amines) is 1. The molecule has 0 aliphatic carbocycles. The number of fused-ring (bicyclic) bond motifs is 1. The average molecular weight is 510 g/mol. The summed E-state index contributed by atoms with van der Waals surface area (Å²) in [6, 6.07) is 6.05. The van der Waals surface area contributed by atoms with Gasteiger partial charge < -0.3 is 14.4 Å². The number of amides is 1. The summed E-state index contributed by atoms with van der Waals surface area (Å²) < 4.78 is 2.29. The lowest BCUT2D eigenvalue weighted by Crippen LogP contribution is -2.34. The quantitative estimate of drug-likeness (QED) is 0.277. The van der Waals surface area contributed by atoms with Crippen molar-refractivity contribution >= 4 is 28.3 Å². The molecule has 36 heavy (non-hydrogen) atoms. The maximum Gasteiger partial charge on any atom is 0.253 e. The second-order valence-corrected chi connectivity index (χ2v) is 11.9. The molecule has 1 aliphatic rings. The van der Waals surface area contributed by atoms with Gasteiger partial charge in [0.05, 0.1) is 11.0 Å². The Balaban J connectivity index is 1.60. The third-order valence-electron chi connectivity index (χ3n) is 7.16. The summed E-state index contributed by atoms with van der Waals surface area (Å²) in [6.07, 6.45) is 8.94. The van der Waals surface area contributed by atoms with Crippen molar-refractivity contribution < 1.29 is 4.79 Å². The molecule has 1 fully saturated rings. The second-order valence-electron chi connectivity index (χ2n) is 11.0. The highest BCUT2D eigenvalue weighted by molar-refractivity contribution is 7.13. The minimum atomic E-state index is 0.134. The van der Waals surface area contributed by atoms with Crippen molar-refractivity contribution in [2.24, 2.45) is 11.8 Å². The van der Waals surface area contributed by atoms with E-state index in [9.17, 15) is 4.79 Å². The molecule has 3 aromatic rings. The highest BCUT2D eigenvalue weighted by Gasteiger charge is 2.20. The first-order valence-corrected chi connectivity index (χ1v) is 14.7. The van der Waals surface area contributed by atoms with Gasteiger partial charge in [-0.3, -0.25) is 4.79 Å². The lowest BCUT2D eigenvalue weighted by atomic mass is 10.1. The standard InChI is InChI=1S/C29H43N5OS/c1-22(2)11-18-33(19-12-23(3)4)29(35)24-9-10-25-26(21-24)34(27(31-25)28-30-13-20-36-28)17-8-16-32-14-6-5-7-15-32/h9-10,13,20-23H,5-8,11-12,14-19H2,1-4H3. The number of aromatic nitrogens is 3. The Labute approximate surface area is 220 Å². The number of nitrogens with zero attached hydrogens (tertiary/aromatic N) is 5. The van der Waals surface area contributed by atoms with Crippen molar-refractivity contribution in [1.29, 1.82) is 0 Å². The molecule has 1 aromatic carbocycles. The second kappa shape index (κ2) is 12.8. The predicted molar refractivity (Wildman–Crippen MR) is 151 cm³/mol. The highest BCUT2D eigenvalue weighted by Crippen LogP contribution is 2.28. The Morgan fingerprint density at radius 3 is 2.39 bits per heavy atom. The smallest absolute Gasteiger partial charge is 0.253 e. The number of piperidine rings is 1. The monoisotopic (exact) mass is 509 g/mol. The molecule has 1 amide bonds. The van der Waals surface area contributed by atoms with Crippen LogP contribution in [-0.4, -0.2) is 63.0 Å². The van der Waals surface area contributed by atoms with Gasteiger partial charge in [0.15, 0.2) is 10.8 Å². The van der Waals surface area contributed by atoms with Crippen LogP contribution in [0.25, 0.3) is 21.9 Å². The normalized spacial score (nSPS) is 14.8.